The fourth-order valence-corrected chi connectivity index (χ4v) is 19.0. The Morgan fingerprint density at radius 1 is 0.688 bits per heavy atom. The number of nitrogens with zero attached hydrogens (tertiary/aromatic N) is 10. The number of aromatic nitrogens is 7. The van der Waals surface area contributed by atoms with E-state index in [2.05, 4.69) is 25.6 Å². The van der Waals surface area contributed by atoms with Crippen LogP contribution in [0.15, 0.2) is 120 Å². The number of fused-ring (bicyclic) bond motifs is 6. The molecule has 0 unspecified atom stereocenters. The minimum absolute atomic E-state index is 0.0128. The Labute approximate surface area is 839 Å². The first kappa shape index (κ1) is 114. The summed E-state index contributed by atoms with van der Waals surface area (Å²) in [7, 11) is 7.29. The van der Waals surface area contributed by atoms with E-state index in [0.29, 0.717) is 202 Å². The number of Topliss-reactive ketones (excluding diaryl/α,β-unsaturated/α-hetero) is 3. The number of rotatable bonds is 43. The van der Waals surface area contributed by atoms with E-state index in [0.717, 1.165) is 40.6 Å². The second kappa shape index (κ2) is 57.3. The zero-order chi connectivity index (χ0) is 103. The molecule has 4 aromatic heterocycles. The molecule has 794 valence electrons. The number of aliphatic hydroxyl groups is 2. The summed E-state index contributed by atoms with van der Waals surface area (Å²) < 4.78 is 135. The van der Waals surface area contributed by atoms with Crippen LogP contribution in [0, 0.1) is 29.6 Å². The Hall–Kier alpha value is -10.2. The number of hydrogen-bond acceptors (Lipinski definition) is 31. The lowest BCUT2D eigenvalue weighted by Crippen LogP contribution is -2.61. The van der Waals surface area contributed by atoms with Gasteiger partial charge >= 0.3 is 23.9 Å². The molecule has 5 aliphatic rings. The fraction of sp³-hybridized carbons (Fsp3) is 0.635. The number of anilines is 1. The number of allylic oxidation sites excluding steroid dienone is 6. The summed E-state index contributed by atoms with van der Waals surface area (Å²) >= 11 is 0. The van der Waals surface area contributed by atoms with E-state index in [1.807, 2.05) is 43.5 Å². The van der Waals surface area contributed by atoms with Crippen LogP contribution in [-0.4, -0.2) is 329 Å². The zero-order valence-corrected chi connectivity index (χ0v) is 84.9. The van der Waals surface area contributed by atoms with Gasteiger partial charge in [-0.25, -0.2) is 24.0 Å². The van der Waals surface area contributed by atoms with Crippen molar-refractivity contribution in [3.05, 3.63) is 136 Å². The number of esters is 1. The molecule has 4 aliphatic heterocycles. The van der Waals surface area contributed by atoms with Gasteiger partial charge in [-0.1, -0.05) is 81.0 Å². The number of cyclic esters (lactones) is 1. The van der Waals surface area contributed by atoms with E-state index < -0.39 is 107 Å². The van der Waals surface area contributed by atoms with Crippen molar-refractivity contribution in [3.63, 3.8) is 0 Å². The highest BCUT2D eigenvalue weighted by molar-refractivity contribution is 6.39. The highest BCUT2D eigenvalue weighted by Gasteiger charge is 2.54. The van der Waals surface area contributed by atoms with Crippen molar-refractivity contribution >= 4 is 68.9 Å². The second-order valence-corrected chi connectivity index (χ2v) is 37.7. The minimum atomic E-state index is -4.77. The number of alkyl carbamates (subject to hydrolysis) is 1. The SMILES string of the molecule is COC(=O)N[C@H]1C[C@@H]2CC[C@@H](C)[C@@](O)(O2)C(=O)C(=O)N2CCCC[C@H]2C(=O)O[C@H]([C@H](N)C[C@@H]2CC[C@@H](OCCCCc3cn(CCOCCOCCOCCOCCOCCOCCOCCOCCC(=O)N4CCN(c5ccc(-n6c(=O)n(C)c7cnc8ccc(-c9ccc(OC)nc9)cc8c76)cc5C(F)(F)F)CC4)nn3)[C@H](OC)C2)CC(=O)[C@H](C)/C=C(\C)[C@@H](O)[C@@H](OC)C(=O)[C@H](C)C[C@H](C)/C=C/C=C/C=C/1C. The van der Waals surface area contributed by atoms with Crippen LogP contribution >= 0.6 is 0 Å². The molecular weight excluding hydrogens is 1870 g/mol. The molecule has 5 N–H and O–H groups in total. The molecule has 2 bridgehead atoms. The van der Waals surface area contributed by atoms with Gasteiger partial charge in [-0.15, -0.1) is 5.10 Å². The van der Waals surface area contributed by atoms with Crippen molar-refractivity contribution in [2.75, 3.05) is 178 Å². The van der Waals surface area contributed by atoms with Crippen molar-refractivity contribution in [1.82, 2.24) is 49.2 Å². The van der Waals surface area contributed by atoms with Crippen molar-refractivity contribution in [2.24, 2.45) is 42.4 Å². The number of ether oxygens (including phenoxy) is 15. The van der Waals surface area contributed by atoms with Crippen molar-refractivity contribution in [3.8, 4) is 22.7 Å². The number of imidazole rings is 1. The summed E-state index contributed by atoms with van der Waals surface area (Å²) in [6, 6.07) is 10.1. The number of pyridine rings is 2. The highest BCUT2D eigenvalue weighted by atomic mass is 19.4. The topological polar surface area (TPSA) is 430 Å². The van der Waals surface area contributed by atoms with Crippen LogP contribution in [0.1, 0.15) is 149 Å². The summed E-state index contributed by atoms with van der Waals surface area (Å²) in [5.41, 5.74) is 10.5. The van der Waals surface area contributed by atoms with Gasteiger partial charge < -0.3 is 107 Å². The third-order valence-corrected chi connectivity index (χ3v) is 27.4. The molecule has 15 atom stereocenters. The van der Waals surface area contributed by atoms with Crippen molar-refractivity contribution < 1.29 is 128 Å². The molecule has 40 heteroatoms. The molecule has 37 nitrogen and oxygen atoms in total. The van der Waals surface area contributed by atoms with Gasteiger partial charge in [0.1, 0.15) is 30.1 Å². The Bertz CT molecular complexity index is 5310. The van der Waals surface area contributed by atoms with Crippen LogP contribution in [0.3, 0.4) is 0 Å². The van der Waals surface area contributed by atoms with Gasteiger partial charge in [0.05, 0.1) is 197 Å². The second-order valence-electron chi connectivity index (χ2n) is 37.7. The number of hydrogen-bond donors (Lipinski definition) is 4. The molecule has 0 spiro atoms. The van der Waals surface area contributed by atoms with Gasteiger partial charge in [0.15, 0.2) is 5.78 Å². The number of alkyl halides is 3. The molecule has 11 rings (SSSR count). The number of methoxy groups -OCH3 is 4. The Morgan fingerprint density at radius 3 is 1.99 bits per heavy atom. The van der Waals surface area contributed by atoms with Gasteiger partial charge in [0.2, 0.25) is 17.6 Å². The Balaban J connectivity index is 0.510. The zero-order valence-electron chi connectivity index (χ0n) is 84.9. The maximum absolute atomic E-state index is 15.0. The van der Waals surface area contributed by atoms with Crippen molar-refractivity contribution in [2.45, 2.75) is 218 Å². The molecule has 3 amide bonds. The monoisotopic (exact) mass is 2020 g/mol. The first-order valence-corrected chi connectivity index (χ1v) is 50.3. The number of piperazine rings is 1. The number of benzene rings is 2. The number of carbonyl (C=O) groups excluding carboxylic acids is 7. The van der Waals surface area contributed by atoms with Crippen LogP contribution < -0.4 is 26.4 Å². The number of piperidine rings is 1. The standard InChI is InChI=1S/C104H147F3N12O25/c1-68-19-13-12-14-20-69(2)84(111-101(127)133-11)63-79-28-23-73(6)103(129,144-79)98(124)99(125)118-34-17-15-22-86(118)100(126)143-90(64-88(120)70(3)58-72(5)96(123)97(132-10)95(122)71(4)57-68)82(108)59-74-24-31-89(91(60-74)130-8)142-40-18-16-21-77-67-117(113-112-77)39-42-135-44-46-137-48-50-139-52-54-141-56-55-140-53-51-138-49-47-136-45-43-134-41-33-93(121)116-37-35-115(36-38-116)85-30-27-78(62-81(85)104(105,106)107)119-94-80-61-75(76-26-32-92(131-9)110-65-76)25-29-83(80)109-66-87(94)114(7)102(119)128/h12-14,19-20,25-27,29-30,32,58,61-62,65-68,70-71,73-74,79,82,84,86,89-91,96-97,123,129H,15-18,21-24,28,31,33-57,59-60,63-64,108H2,1-11H3,(H,111,127)/b14-12+,19-13+,69-20+,72-58+/t68-,70-,71-,73-,74+,79+,82-,84+,86+,89-,90+,91-,96-,97+,103-/m1/s1. The highest BCUT2D eigenvalue weighted by Crippen LogP contribution is 2.42. The fourth-order valence-electron chi connectivity index (χ4n) is 19.0. The summed E-state index contributed by atoms with van der Waals surface area (Å²) in [5.74, 6) is -8.61. The predicted molar refractivity (Wildman–Crippen MR) is 528 cm³/mol. The lowest BCUT2D eigenvalue weighted by Gasteiger charge is -2.43. The minimum Gasteiger partial charge on any atom is -0.481 e. The van der Waals surface area contributed by atoms with E-state index in [1.54, 1.807) is 112 Å². The van der Waals surface area contributed by atoms with Crippen LogP contribution in [-0.2, 0) is 121 Å². The summed E-state index contributed by atoms with van der Waals surface area (Å²) in [5, 5.41) is 35.9. The van der Waals surface area contributed by atoms with E-state index in [1.165, 1.54) is 42.6 Å². The largest absolute Gasteiger partial charge is 0.481 e. The maximum Gasteiger partial charge on any atom is 0.418 e. The Kier molecular flexibility index (Phi) is 45.4. The number of aryl methyl sites for hydroxylation is 2. The summed E-state index contributed by atoms with van der Waals surface area (Å²) in [6.45, 7) is 17.9. The molecule has 0 radical (unpaired) electrons. The van der Waals surface area contributed by atoms with Crippen LogP contribution in [0.5, 0.6) is 5.88 Å². The maximum atomic E-state index is 15.0. The molecule has 1 aliphatic carbocycles. The first-order chi connectivity index (χ1) is 69.3. The first-order valence-electron chi connectivity index (χ1n) is 50.3. The van der Waals surface area contributed by atoms with Crippen LogP contribution in [0.4, 0.5) is 23.7 Å². The van der Waals surface area contributed by atoms with E-state index in [-0.39, 0.29) is 131 Å². The normalized spacial score (nSPS) is 25.5. The predicted octanol–water partition coefficient (Wildman–Crippen LogP) is 10.4. The summed E-state index contributed by atoms with van der Waals surface area (Å²) in [4.78, 5) is 125. The number of nitrogens with two attached hydrogens (primary N) is 1. The molecule has 144 heavy (non-hydrogen) atoms. The van der Waals surface area contributed by atoms with Crippen LogP contribution in [0.25, 0.3) is 38.8 Å². The van der Waals surface area contributed by atoms with E-state index in [4.69, 9.17) is 76.8 Å². The number of amides is 3. The van der Waals surface area contributed by atoms with Gasteiger partial charge in [-0.2, -0.15) is 13.2 Å². The summed E-state index contributed by atoms with van der Waals surface area (Å²) in [6.07, 6.45) is 11.6. The number of aliphatic hydroxyl groups excluding tert-OH is 1. The van der Waals surface area contributed by atoms with Gasteiger partial charge in [0.25, 0.3) is 11.7 Å². The van der Waals surface area contributed by atoms with E-state index >= 15 is 13.2 Å². The third-order valence-electron chi connectivity index (χ3n) is 27.4. The number of unbranched alkanes of at least 4 members (excludes halogenated alkanes) is 1. The molecule has 1 saturated carbocycles. The molecular formula is C104H147F3N12O25. The average molecular weight is 2020 g/mol. The van der Waals surface area contributed by atoms with E-state index in [9.17, 15) is 48.6 Å². The van der Waals surface area contributed by atoms with Gasteiger partial charge in [0, 0.05) is 126 Å². The van der Waals surface area contributed by atoms with Gasteiger partial charge in [-0.3, -0.25) is 38.1 Å². The quantitative estimate of drug-likeness (QED) is 0.0120. The number of ketones is 3. The average Bonchev–Trinajstić information content (AvgIpc) is 1.57. The lowest BCUT2D eigenvalue weighted by atomic mass is 9.80. The number of halogens is 3. The van der Waals surface area contributed by atoms with Crippen molar-refractivity contribution in [1.29, 1.82) is 0 Å². The lowest BCUT2D eigenvalue weighted by molar-refractivity contribution is -0.264. The number of carbonyl (C=O) groups is 7. The molecule has 4 fully saturated rings. The molecule has 2 aromatic carbocycles. The molecule has 8 heterocycles. The van der Waals surface area contributed by atoms with Gasteiger partial charge in [-0.05, 0) is 163 Å². The molecule has 3 saturated heterocycles. The third kappa shape index (κ3) is 32.7. The molecule has 6 aromatic rings. The smallest absolute Gasteiger partial charge is 0.418 e. The Morgan fingerprint density at radius 2 is 1.35 bits per heavy atom. The number of nitrogens with one attached hydrogen (secondary N) is 1. The van der Waals surface area contributed by atoms with Crippen LogP contribution in [0.2, 0.25) is 0 Å².